The van der Waals surface area contributed by atoms with Crippen LogP contribution in [0.25, 0.3) is 11.1 Å². The third kappa shape index (κ3) is 7.96. The molecule has 1 aliphatic rings. The van der Waals surface area contributed by atoms with E-state index in [1.807, 2.05) is 73.6 Å². The SMILES string of the molecule is CCc1cccc(-c2c(Cl)cccc2[C@](O)(CCCNC(=O)OC)[C@@H]2CCCN(C(=O)c3ccc(CN(C)C)cc3)C2)c1. The minimum atomic E-state index is -1.30. The van der Waals surface area contributed by atoms with Crippen molar-refractivity contribution in [3.63, 3.8) is 0 Å². The molecule has 1 heterocycles. The summed E-state index contributed by atoms with van der Waals surface area (Å²) >= 11 is 6.88. The van der Waals surface area contributed by atoms with Crippen molar-refractivity contribution < 1.29 is 19.4 Å². The number of amides is 2. The highest BCUT2D eigenvalue weighted by Gasteiger charge is 2.43. The van der Waals surface area contributed by atoms with Gasteiger partial charge in [0.1, 0.15) is 0 Å². The molecule has 2 N–H and O–H groups in total. The predicted octanol–water partition coefficient (Wildman–Crippen LogP) is 6.51. The molecule has 1 saturated heterocycles. The molecule has 43 heavy (non-hydrogen) atoms. The summed E-state index contributed by atoms with van der Waals surface area (Å²) in [4.78, 5) is 29.4. The second-order valence-electron chi connectivity index (χ2n) is 11.7. The number of nitrogens with zero attached hydrogens (tertiary/aromatic N) is 2. The maximum absolute atomic E-state index is 13.7. The van der Waals surface area contributed by atoms with Crippen LogP contribution in [0.2, 0.25) is 5.02 Å². The zero-order valence-corrected chi connectivity index (χ0v) is 26.5. The molecular formula is C35H44ClN3O4. The van der Waals surface area contributed by atoms with E-state index in [4.69, 9.17) is 16.3 Å². The summed E-state index contributed by atoms with van der Waals surface area (Å²) in [7, 11) is 5.37. The number of methoxy groups -OCH3 is 1. The summed E-state index contributed by atoms with van der Waals surface area (Å²) in [5, 5.41) is 16.1. The zero-order valence-electron chi connectivity index (χ0n) is 25.7. The van der Waals surface area contributed by atoms with Gasteiger partial charge in [-0.2, -0.15) is 0 Å². The largest absolute Gasteiger partial charge is 0.453 e. The van der Waals surface area contributed by atoms with Crippen LogP contribution in [0.5, 0.6) is 0 Å². The van der Waals surface area contributed by atoms with E-state index in [0.717, 1.165) is 48.1 Å². The van der Waals surface area contributed by atoms with Crippen molar-refractivity contribution >= 4 is 23.6 Å². The molecule has 3 aromatic rings. The molecule has 7 nitrogen and oxygen atoms in total. The fourth-order valence-corrected chi connectivity index (χ4v) is 6.44. The molecule has 230 valence electrons. The van der Waals surface area contributed by atoms with Gasteiger partial charge in [-0.25, -0.2) is 4.79 Å². The highest BCUT2D eigenvalue weighted by molar-refractivity contribution is 6.33. The van der Waals surface area contributed by atoms with E-state index < -0.39 is 11.7 Å². The number of aryl methyl sites for hydroxylation is 1. The number of rotatable bonds is 11. The summed E-state index contributed by atoms with van der Waals surface area (Å²) in [6.45, 7) is 4.32. The maximum atomic E-state index is 13.7. The number of carbonyl (C=O) groups is 2. The van der Waals surface area contributed by atoms with Gasteiger partial charge in [0.05, 0.1) is 12.7 Å². The summed E-state index contributed by atoms with van der Waals surface area (Å²) in [6, 6.07) is 21.7. The Morgan fingerprint density at radius 3 is 2.53 bits per heavy atom. The van der Waals surface area contributed by atoms with E-state index in [2.05, 4.69) is 29.3 Å². The van der Waals surface area contributed by atoms with Gasteiger partial charge in [-0.15, -0.1) is 0 Å². The normalized spacial score (nSPS) is 16.5. The Balaban J connectivity index is 1.67. The van der Waals surface area contributed by atoms with Crippen molar-refractivity contribution in [2.24, 2.45) is 5.92 Å². The average Bonchev–Trinajstić information content (AvgIpc) is 3.02. The Morgan fingerprint density at radius 1 is 1.09 bits per heavy atom. The van der Waals surface area contributed by atoms with Crippen molar-refractivity contribution in [1.29, 1.82) is 0 Å². The lowest BCUT2D eigenvalue weighted by atomic mass is 9.72. The maximum Gasteiger partial charge on any atom is 0.406 e. The van der Waals surface area contributed by atoms with Gasteiger partial charge in [0, 0.05) is 48.2 Å². The first-order valence-corrected chi connectivity index (χ1v) is 15.5. The Morgan fingerprint density at radius 2 is 1.84 bits per heavy atom. The van der Waals surface area contributed by atoms with Crippen LogP contribution in [-0.4, -0.2) is 67.7 Å². The summed E-state index contributed by atoms with van der Waals surface area (Å²) < 4.78 is 4.73. The minimum Gasteiger partial charge on any atom is -0.453 e. The van der Waals surface area contributed by atoms with E-state index in [1.54, 1.807) is 0 Å². The number of nitrogens with one attached hydrogen (secondary N) is 1. The highest BCUT2D eigenvalue weighted by Crippen LogP contribution is 2.45. The molecule has 0 aliphatic carbocycles. The first kappa shape index (κ1) is 32.5. The Labute approximate surface area is 260 Å². The first-order valence-electron chi connectivity index (χ1n) is 15.1. The van der Waals surface area contributed by atoms with Crippen LogP contribution in [0.1, 0.15) is 59.7 Å². The van der Waals surface area contributed by atoms with Gasteiger partial charge in [0.25, 0.3) is 5.91 Å². The molecule has 1 fully saturated rings. The molecule has 0 radical (unpaired) electrons. The lowest BCUT2D eigenvalue weighted by Crippen LogP contribution is -2.48. The van der Waals surface area contributed by atoms with Gasteiger partial charge >= 0.3 is 6.09 Å². The van der Waals surface area contributed by atoms with Gasteiger partial charge in [-0.05, 0) is 86.7 Å². The average molecular weight is 606 g/mol. The smallest absolute Gasteiger partial charge is 0.406 e. The second-order valence-corrected chi connectivity index (χ2v) is 12.1. The molecule has 0 spiro atoms. The van der Waals surface area contributed by atoms with Crippen LogP contribution in [0.3, 0.4) is 0 Å². The number of benzene rings is 3. The first-order chi connectivity index (χ1) is 20.7. The molecular weight excluding hydrogens is 562 g/mol. The van der Waals surface area contributed by atoms with E-state index in [0.29, 0.717) is 43.1 Å². The van der Waals surface area contributed by atoms with Gasteiger partial charge in [-0.3, -0.25) is 4.79 Å². The lowest BCUT2D eigenvalue weighted by molar-refractivity contribution is -0.0563. The number of piperidine rings is 1. The van der Waals surface area contributed by atoms with E-state index >= 15 is 0 Å². The van der Waals surface area contributed by atoms with Crippen molar-refractivity contribution in [3.05, 3.63) is 94.0 Å². The van der Waals surface area contributed by atoms with E-state index in [1.165, 1.54) is 12.7 Å². The predicted molar refractivity (Wildman–Crippen MR) is 172 cm³/mol. The molecule has 1 aliphatic heterocycles. The number of likely N-dealkylation sites (tertiary alicyclic amines) is 1. The Hall–Kier alpha value is -3.39. The van der Waals surface area contributed by atoms with Gasteiger partial charge in [-0.1, -0.05) is 67.1 Å². The number of alkyl carbamates (subject to hydrolysis) is 1. The van der Waals surface area contributed by atoms with Gasteiger partial charge in [0.2, 0.25) is 0 Å². The second kappa shape index (κ2) is 14.9. The van der Waals surface area contributed by atoms with Gasteiger partial charge < -0.3 is 25.0 Å². The molecule has 0 unspecified atom stereocenters. The van der Waals surface area contributed by atoms with Crippen LogP contribution in [-0.2, 0) is 23.3 Å². The van der Waals surface area contributed by atoms with Crippen LogP contribution in [0.15, 0.2) is 66.7 Å². The summed E-state index contributed by atoms with van der Waals surface area (Å²) in [5.74, 6) is -0.263. The van der Waals surface area contributed by atoms with Crippen molar-refractivity contribution in [2.45, 2.75) is 51.2 Å². The number of carbonyl (C=O) groups excluding carboxylic acids is 2. The fourth-order valence-electron chi connectivity index (χ4n) is 6.16. The fraction of sp³-hybridized carbons (Fsp3) is 0.429. The molecule has 2 amide bonds. The minimum absolute atomic E-state index is 0.0298. The van der Waals surface area contributed by atoms with Crippen LogP contribution < -0.4 is 5.32 Å². The zero-order chi connectivity index (χ0) is 31.0. The molecule has 2 atom stereocenters. The molecule has 8 heteroatoms. The van der Waals surface area contributed by atoms with Crippen LogP contribution in [0, 0.1) is 5.92 Å². The highest BCUT2D eigenvalue weighted by atomic mass is 35.5. The number of ether oxygens (including phenoxy) is 1. The standard InChI is InChI=1S/C35H44ClN3O4/c1-5-25-10-6-11-28(22-25)32-30(13-7-14-31(32)36)35(42,19-9-20-37-34(41)43-4)29-12-8-21-39(24-29)33(40)27-17-15-26(16-18-27)23-38(2)3/h6-7,10-11,13-18,22,29,42H,5,8-9,12,19-21,23-24H2,1-4H3,(H,37,41)/t29-,35+/m1/s1. The van der Waals surface area contributed by atoms with Crippen molar-refractivity contribution in [3.8, 4) is 11.1 Å². The molecule has 0 aromatic heterocycles. The van der Waals surface area contributed by atoms with Crippen molar-refractivity contribution in [1.82, 2.24) is 15.1 Å². The van der Waals surface area contributed by atoms with Crippen LogP contribution in [0.4, 0.5) is 4.79 Å². The number of aliphatic hydroxyl groups is 1. The molecule has 4 rings (SSSR count). The quantitative estimate of drug-likeness (QED) is 0.244. The van der Waals surface area contributed by atoms with E-state index in [-0.39, 0.29) is 11.8 Å². The van der Waals surface area contributed by atoms with Crippen LogP contribution >= 0.6 is 11.6 Å². The third-order valence-corrected chi connectivity index (χ3v) is 8.69. The number of halogens is 1. The monoisotopic (exact) mass is 605 g/mol. The van der Waals surface area contributed by atoms with Gasteiger partial charge in [0.15, 0.2) is 0 Å². The number of hydrogen-bond donors (Lipinski definition) is 2. The Kier molecular flexibility index (Phi) is 11.2. The molecule has 0 saturated carbocycles. The topological polar surface area (TPSA) is 82.1 Å². The third-order valence-electron chi connectivity index (χ3n) is 8.38. The summed E-state index contributed by atoms with van der Waals surface area (Å²) in [6.07, 6.45) is 2.81. The molecule has 3 aromatic carbocycles. The number of hydrogen-bond acceptors (Lipinski definition) is 5. The van der Waals surface area contributed by atoms with Crippen molar-refractivity contribution in [2.75, 3.05) is 40.8 Å². The molecule has 0 bridgehead atoms. The lowest BCUT2D eigenvalue weighted by Gasteiger charge is -2.44. The Bertz CT molecular complexity index is 1390. The summed E-state index contributed by atoms with van der Waals surface area (Å²) in [5.41, 5.74) is 4.19. The van der Waals surface area contributed by atoms with E-state index in [9.17, 15) is 14.7 Å².